The molecule has 3 heteroatoms. The minimum atomic E-state index is 0.602. The van der Waals surface area contributed by atoms with E-state index >= 15 is 0 Å². The van der Waals surface area contributed by atoms with Crippen molar-refractivity contribution in [2.24, 2.45) is 0 Å². The second-order valence-corrected chi connectivity index (χ2v) is 5.30. The zero-order chi connectivity index (χ0) is 11.4. The molecule has 0 aromatic heterocycles. The number of hydrogen-bond donors (Lipinski definition) is 1. The summed E-state index contributed by atoms with van der Waals surface area (Å²) in [7, 11) is 1.74. The maximum atomic E-state index is 5.36. The molecule has 1 aromatic carbocycles. The Bertz CT molecular complexity index is 348. The van der Waals surface area contributed by atoms with Crippen molar-refractivity contribution in [3.63, 3.8) is 0 Å². The van der Waals surface area contributed by atoms with Crippen LogP contribution in [0.3, 0.4) is 0 Å². The first-order chi connectivity index (χ1) is 7.85. The second kappa shape index (κ2) is 5.60. The summed E-state index contributed by atoms with van der Waals surface area (Å²) in [5.74, 6) is 2.22. The van der Waals surface area contributed by atoms with E-state index in [-0.39, 0.29) is 0 Å². The molecular formula is C13H19NOS. The smallest absolute Gasteiger partial charge is 0.122 e. The van der Waals surface area contributed by atoms with Crippen LogP contribution in [0.2, 0.25) is 0 Å². The summed E-state index contributed by atoms with van der Waals surface area (Å²) in [6.45, 7) is 4.39. The standard InChI is InChI=1S/C13H19NOS/c1-3-10-8-11(4-5-12(10)15-2)13-9-14-6-7-16-13/h4-5,8,13-14H,3,6-7,9H2,1-2H3. The van der Waals surface area contributed by atoms with E-state index in [0.29, 0.717) is 5.25 Å². The lowest BCUT2D eigenvalue weighted by molar-refractivity contribution is 0.410. The van der Waals surface area contributed by atoms with Crippen molar-refractivity contribution in [1.82, 2.24) is 5.32 Å². The molecule has 0 bridgehead atoms. The highest BCUT2D eigenvalue weighted by atomic mass is 32.2. The van der Waals surface area contributed by atoms with E-state index in [9.17, 15) is 0 Å². The minimum absolute atomic E-state index is 0.602. The largest absolute Gasteiger partial charge is 0.496 e. The van der Waals surface area contributed by atoms with Gasteiger partial charge in [0, 0.05) is 24.1 Å². The second-order valence-electron chi connectivity index (χ2n) is 3.99. The van der Waals surface area contributed by atoms with Crippen LogP contribution in [0.5, 0.6) is 5.75 Å². The van der Waals surface area contributed by atoms with Gasteiger partial charge < -0.3 is 10.1 Å². The van der Waals surface area contributed by atoms with Gasteiger partial charge in [-0.25, -0.2) is 0 Å². The van der Waals surface area contributed by atoms with Crippen molar-refractivity contribution >= 4 is 11.8 Å². The summed E-state index contributed by atoms with van der Waals surface area (Å²) in [6.07, 6.45) is 1.03. The van der Waals surface area contributed by atoms with Gasteiger partial charge >= 0.3 is 0 Å². The fourth-order valence-corrected chi connectivity index (χ4v) is 3.18. The van der Waals surface area contributed by atoms with Gasteiger partial charge in [0.15, 0.2) is 0 Å². The van der Waals surface area contributed by atoms with Crippen LogP contribution >= 0.6 is 11.8 Å². The van der Waals surface area contributed by atoms with Crippen LogP contribution in [0.15, 0.2) is 18.2 Å². The third-order valence-electron chi connectivity index (χ3n) is 2.98. The average molecular weight is 237 g/mol. The summed E-state index contributed by atoms with van der Waals surface area (Å²) in [6, 6.07) is 6.59. The quantitative estimate of drug-likeness (QED) is 0.873. The molecule has 2 rings (SSSR count). The van der Waals surface area contributed by atoms with Crippen molar-refractivity contribution in [3.05, 3.63) is 29.3 Å². The van der Waals surface area contributed by atoms with Gasteiger partial charge in [0.25, 0.3) is 0 Å². The molecule has 1 fully saturated rings. The summed E-state index contributed by atoms with van der Waals surface area (Å²) >= 11 is 2.05. The number of hydrogen-bond acceptors (Lipinski definition) is 3. The molecule has 16 heavy (non-hydrogen) atoms. The molecule has 0 aliphatic carbocycles. The SMILES string of the molecule is CCc1cc(C2CNCCS2)ccc1OC. The van der Waals surface area contributed by atoms with Crippen molar-refractivity contribution in [3.8, 4) is 5.75 Å². The molecule has 1 aliphatic heterocycles. The van der Waals surface area contributed by atoms with Crippen molar-refractivity contribution in [2.45, 2.75) is 18.6 Å². The molecule has 1 aliphatic rings. The minimum Gasteiger partial charge on any atom is -0.496 e. The number of nitrogens with one attached hydrogen (secondary N) is 1. The van der Waals surface area contributed by atoms with Gasteiger partial charge in [-0.05, 0) is 23.6 Å². The third kappa shape index (κ3) is 2.53. The van der Waals surface area contributed by atoms with Crippen LogP contribution in [0.1, 0.15) is 23.3 Å². The predicted octanol–water partition coefficient (Wildman–Crippen LogP) is 2.64. The number of ether oxygens (including phenoxy) is 1. The number of methoxy groups -OCH3 is 1. The van der Waals surface area contributed by atoms with Gasteiger partial charge in [-0.3, -0.25) is 0 Å². The first-order valence-corrected chi connectivity index (χ1v) is 6.89. The molecule has 0 amide bonds. The Morgan fingerprint density at radius 3 is 3.00 bits per heavy atom. The first kappa shape index (κ1) is 11.8. The van der Waals surface area contributed by atoms with Gasteiger partial charge in [-0.15, -0.1) is 0 Å². The van der Waals surface area contributed by atoms with E-state index in [4.69, 9.17) is 4.74 Å². The molecule has 0 radical (unpaired) electrons. The highest BCUT2D eigenvalue weighted by Crippen LogP contribution is 2.32. The van der Waals surface area contributed by atoms with E-state index in [1.807, 2.05) is 11.8 Å². The van der Waals surface area contributed by atoms with E-state index in [1.54, 1.807) is 7.11 Å². The van der Waals surface area contributed by atoms with Crippen molar-refractivity contribution < 1.29 is 4.74 Å². The number of rotatable bonds is 3. The van der Waals surface area contributed by atoms with Crippen LogP contribution in [-0.2, 0) is 6.42 Å². The van der Waals surface area contributed by atoms with E-state index in [2.05, 4.69) is 30.4 Å². The Kier molecular flexibility index (Phi) is 4.13. The molecule has 1 saturated heterocycles. The highest BCUT2D eigenvalue weighted by Gasteiger charge is 2.16. The van der Waals surface area contributed by atoms with Gasteiger partial charge in [-0.1, -0.05) is 19.1 Å². The molecule has 0 spiro atoms. The lowest BCUT2D eigenvalue weighted by Crippen LogP contribution is -2.28. The fraction of sp³-hybridized carbons (Fsp3) is 0.538. The average Bonchev–Trinajstić information content (AvgIpc) is 2.39. The number of benzene rings is 1. The zero-order valence-electron chi connectivity index (χ0n) is 9.95. The molecule has 1 heterocycles. The van der Waals surface area contributed by atoms with E-state index in [0.717, 1.165) is 25.3 Å². The number of thioether (sulfide) groups is 1. The summed E-state index contributed by atoms with van der Waals surface area (Å²) in [5.41, 5.74) is 2.74. The Balaban J connectivity index is 2.20. The van der Waals surface area contributed by atoms with Gasteiger partial charge in [-0.2, -0.15) is 11.8 Å². The Labute approximate surface area is 102 Å². The first-order valence-electron chi connectivity index (χ1n) is 5.84. The molecule has 1 aromatic rings. The van der Waals surface area contributed by atoms with Crippen LogP contribution in [0, 0.1) is 0 Å². The molecule has 88 valence electrons. The van der Waals surface area contributed by atoms with E-state index in [1.165, 1.54) is 16.9 Å². The summed E-state index contributed by atoms with van der Waals surface area (Å²) < 4.78 is 5.36. The molecule has 1 unspecified atom stereocenters. The third-order valence-corrected chi connectivity index (χ3v) is 4.27. The Morgan fingerprint density at radius 2 is 2.38 bits per heavy atom. The number of aryl methyl sites for hydroxylation is 1. The van der Waals surface area contributed by atoms with Crippen LogP contribution in [0.25, 0.3) is 0 Å². The topological polar surface area (TPSA) is 21.3 Å². The fourth-order valence-electron chi connectivity index (χ4n) is 2.05. The lowest BCUT2D eigenvalue weighted by atomic mass is 10.0. The molecule has 1 N–H and O–H groups in total. The maximum Gasteiger partial charge on any atom is 0.122 e. The van der Waals surface area contributed by atoms with Gasteiger partial charge in [0.05, 0.1) is 7.11 Å². The van der Waals surface area contributed by atoms with Crippen molar-refractivity contribution in [1.29, 1.82) is 0 Å². The van der Waals surface area contributed by atoms with Gasteiger partial charge in [0.2, 0.25) is 0 Å². The molecule has 2 nitrogen and oxygen atoms in total. The summed E-state index contributed by atoms with van der Waals surface area (Å²) in [4.78, 5) is 0. The Hall–Kier alpha value is -0.670. The molecule has 0 saturated carbocycles. The van der Waals surface area contributed by atoms with Crippen molar-refractivity contribution in [2.75, 3.05) is 26.0 Å². The monoisotopic (exact) mass is 237 g/mol. The highest BCUT2D eigenvalue weighted by molar-refractivity contribution is 7.99. The lowest BCUT2D eigenvalue weighted by Gasteiger charge is -2.23. The maximum absolute atomic E-state index is 5.36. The zero-order valence-corrected chi connectivity index (χ0v) is 10.8. The molecular weight excluding hydrogens is 218 g/mol. The normalized spacial score (nSPS) is 20.8. The van der Waals surface area contributed by atoms with E-state index < -0.39 is 0 Å². The Morgan fingerprint density at radius 1 is 1.50 bits per heavy atom. The van der Waals surface area contributed by atoms with Crippen LogP contribution < -0.4 is 10.1 Å². The molecule has 1 atom stereocenters. The van der Waals surface area contributed by atoms with Crippen LogP contribution in [0.4, 0.5) is 0 Å². The van der Waals surface area contributed by atoms with Gasteiger partial charge in [0.1, 0.15) is 5.75 Å². The summed E-state index contributed by atoms with van der Waals surface area (Å²) in [5, 5.41) is 4.05. The van der Waals surface area contributed by atoms with Crippen LogP contribution in [-0.4, -0.2) is 26.0 Å². The predicted molar refractivity (Wildman–Crippen MR) is 70.4 cm³/mol.